The Morgan fingerprint density at radius 1 is 0.459 bits per heavy atom. The predicted molar refractivity (Wildman–Crippen MR) is 295 cm³/mol. The molecule has 0 aliphatic rings. The maximum atomic E-state index is 6.57. The molecule has 6 nitrogen and oxygen atoms in total. The second kappa shape index (κ2) is 21.9. The first-order chi connectivity index (χ1) is 36.2. The van der Waals surface area contributed by atoms with Crippen molar-refractivity contribution in [2.24, 2.45) is 0 Å². The topological polar surface area (TPSA) is 66.0 Å². The smallest absolute Gasteiger partial charge is 0.500 e. The number of furan rings is 1. The van der Waals surface area contributed by atoms with E-state index in [9.17, 15) is 0 Å². The summed E-state index contributed by atoms with van der Waals surface area (Å²) in [4.78, 5) is 14.0. The minimum Gasteiger partial charge on any atom is -0.500 e. The number of fused-ring (bicyclic) bond motifs is 6. The molecular formula is C67H47IrN4O2. The first kappa shape index (κ1) is 47.6. The van der Waals surface area contributed by atoms with E-state index < -0.39 is 0 Å². The molecule has 0 saturated carbocycles. The molecule has 0 aliphatic heterocycles. The maximum Gasteiger partial charge on any atom is 3.00 e. The molecule has 356 valence electrons. The van der Waals surface area contributed by atoms with Gasteiger partial charge in [0, 0.05) is 28.9 Å². The molecular weight excluding hydrogens is 1080 g/mol. The van der Waals surface area contributed by atoms with Crippen LogP contribution in [0.5, 0.6) is 11.5 Å². The molecule has 0 fully saturated rings. The van der Waals surface area contributed by atoms with Gasteiger partial charge in [0.05, 0.1) is 22.4 Å². The Labute approximate surface area is 444 Å². The number of aromatic nitrogens is 4. The molecule has 4 heterocycles. The number of hydrogen-bond acceptors (Lipinski definition) is 5. The van der Waals surface area contributed by atoms with Crippen molar-refractivity contribution in [1.29, 1.82) is 0 Å². The van der Waals surface area contributed by atoms with Crippen molar-refractivity contribution >= 4 is 43.7 Å². The third kappa shape index (κ3) is 10.0. The van der Waals surface area contributed by atoms with E-state index in [1.165, 1.54) is 27.6 Å². The molecule has 13 aromatic rings. The van der Waals surface area contributed by atoms with Gasteiger partial charge < -0.3 is 23.7 Å². The van der Waals surface area contributed by atoms with Gasteiger partial charge in [0.25, 0.3) is 0 Å². The van der Waals surface area contributed by atoms with Gasteiger partial charge in [-0.05, 0) is 102 Å². The third-order valence-electron chi connectivity index (χ3n) is 13.3. The summed E-state index contributed by atoms with van der Waals surface area (Å²) in [5.74, 6) is 2.63. The number of aryl methyl sites for hydroxylation is 4. The van der Waals surface area contributed by atoms with Gasteiger partial charge >= 0.3 is 20.1 Å². The number of imidazole rings is 1. The number of benzene rings is 9. The van der Waals surface area contributed by atoms with E-state index in [2.05, 4.69) is 154 Å². The molecule has 0 amide bonds. The SMILES string of the molecule is [Ir+3].[c-]1ccc2c(oc3c4ccccc4ccc23)c1-c1nc2ccccc2n1-c1ccccc1.[c-]1ccccc1-c1cc(CCc2ccccc2Oc2ccccc2CCc2cc[c-]c(-c3ccccn3)c2)ccn1. The van der Waals surface area contributed by atoms with E-state index in [0.29, 0.717) is 0 Å². The van der Waals surface area contributed by atoms with Crippen LogP contribution in [0.1, 0.15) is 22.3 Å². The Morgan fingerprint density at radius 2 is 1.14 bits per heavy atom. The zero-order valence-electron chi connectivity index (χ0n) is 40.3. The number of pyridine rings is 2. The zero-order chi connectivity index (χ0) is 48.8. The van der Waals surface area contributed by atoms with Gasteiger partial charge in [-0.25, -0.2) is 0 Å². The molecule has 0 unspecified atom stereocenters. The molecule has 9 aromatic carbocycles. The molecule has 0 saturated heterocycles. The minimum absolute atomic E-state index is 0. The normalized spacial score (nSPS) is 11.1. The van der Waals surface area contributed by atoms with Crippen molar-refractivity contribution < 1.29 is 29.3 Å². The fraction of sp³-hybridized carbons (Fsp3) is 0.0597. The largest absolute Gasteiger partial charge is 3.00 e. The Kier molecular flexibility index (Phi) is 14.1. The second-order valence-corrected chi connectivity index (χ2v) is 17.9. The molecule has 0 bridgehead atoms. The molecule has 7 heteroatoms. The van der Waals surface area contributed by atoms with Crippen molar-refractivity contribution in [2.75, 3.05) is 0 Å². The van der Waals surface area contributed by atoms with Crippen LogP contribution in [-0.2, 0) is 45.8 Å². The summed E-state index contributed by atoms with van der Waals surface area (Å²) in [5, 5.41) is 4.47. The first-order valence-electron chi connectivity index (χ1n) is 24.7. The molecule has 0 radical (unpaired) electrons. The van der Waals surface area contributed by atoms with Gasteiger partial charge in [0.2, 0.25) is 0 Å². The Hall–Kier alpha value is -8.74. The second-order valence-electron chi connectivity index (χ2n) is 17.9. The summed E-state index contributed by atoms with van der Waals surface area (Å²) in [5.41, 5.74) is 14.4. The van der Waals surface area contributed by atoms with Crippen LogP contribution in [-0.4, -0.2) is 19.5 Å². The first-order valence-corrected chi connectivity index (χ1v) is 24.7. The van der Waals surface area contributed by atoms with E-state index in [0.717, 1.165) is 115 Å². The minimum atomic E-state index is 0. The van der Waals surface area contributed by atoms with E-state index in [1.54, 1.807) is 0 Å². The van der Waals surface area contributed by atoms with Crippen molar-refractivity contribution in [3.8, 4) is 51.1 Å². The van der Waals surface area contributed by atoms with Crippen LogP contribution < -0.4 is 4.74 Å². The summed E-state index contributed by atoms with van der Waals surface area (Å²) < 4.78 is 15.3. The van der Waals surface area contributed by atoms with Crippen molar-refractivity contribution in [2.45, 2.75) is 25.7 Å². The average molecular weight is 1130 g/mol. The van der Waals surface area contributed by atoms with Gasteiger partial charge in [0.1, 0.15) is 17.1 Å². The van der Waals surface area contributed by atoms with Crippen LogP contribution >= 0.6 is 0 Å². The molecule has 0 aliphatic carbocycles. The monoisotopic (exact) mass is 1130 g/mol. The Balaban J connectivity index is 0.000000161. The molecule has 0 spiro atoms. The maximum absolute atomic E-state index is 6.57. The fourth-order valence-electron chi connectivity index (χ4n) is 9.63. The molecule has 4 aromatic heterocycles. The molecule has 13 rings (SSSR count). The molecule has 0 N–H and O–H groups in total. The summed E-state index contributed by atoms with van der Waals surface area (Å²) in [7, 11) is 0. The quantitative estimate of drug-likeness (QED) is 0.114. The van der Waals surface area contributed by atoms with E-state index in [-0.39, 0.29) is 20.1 Å². The molecule has 74 heavy (non-hydrogen) atoms. The Morgan fingerprint density at radius 3 is 1.93 bits per heavy atom. The van der Waals surface area contributed by atoms with Gasteiger partial charge in [-0.2, -0.15) is 0 Å². The van der Waals surface area contributed by atoms with Crippen LogP contribution in [0.4, 0.5) is 0 Å². The average Bonchev–Trinajstić information content (AvgIpc) is 4.06. The standard InChI is InChI=1S/C38H30N2O.C29H17N2O.Ir/c1-2-12-31(13-3-1)36-28-30(24-26-40-36)21-23-33-15-5-7-19-38(33)41-37-18-6-4-14-32(37)22-20-29-11-10-16-34(27-29)35-17-8-9-25-39-35;1-2-10-20(11-3-1)31-26-16-7-6-15-25(26)30-29(31)24-14-8-13-22-23-18-17-19-9-4-5-12-21(19)27(23)32-28(22)24;/h1-12,14-15,17-19,24-28H,20-23H2;1-13,15-18H;/q-2;-1;+3. The van der Waals surface area contributed by atoms with E-state index >= 15 is 0 Å². The van der Waals surface area contributed by atoms with Crippen molar-refractivity contribution in [3.05, 3.63) is 277 Å². The summed E-state index contributed by atoms with van der Waals surface area (Å²) >= 11 is 0. The number of rotatable bonds is 12. The van der Waals surface area contributed by atoms with Gasteiger partial charge in [0.15, 0.2) is 0 Å². The Bertz CT molecular complexity index is 3890. The van der Waals surface area contributed by atoms with E-state index in [4.69, 9.17) is 14.1 Å². The van der Waals surface area contributed by atoms with E-state index in [1.807, 2.05) is 116 Å². The van der Waals surface area contributed by atoms with Gasteiger partial charge in [-0.15, -0.1) is 89.5 Å². The van der Waals surface area contributed by atoms with Crippen LogP contribution in [0.3, 0.4) is 0 Å². The van der Waals surface area contributed by atoms with Gasteiger partial charge in [-0.3, -0.25) is 4.98 Å². The van der Waals surface area contributed by atoms with Gasteiger partial charge in [-0.1, -0.05) is 138 Å². The summed E-state index contributed by atoms with van der Waals surface area (Å²) in [6.45, 7) is 0. The van der Waals surface area contributed by atoms with Crippen molar-refractivity contribution in [1.82, 2.24) is 19.5 Å². The fourth-order valence-corrected chi connectivity index (χ4v) is 9.63. The van der Waals surface area contributed by atoms with Crippen LogP contribution in [0.2, 0.25) is 0 Å². The summed E-state index contributed by atoms with van der Waals surface area (Å²) in [6, 6.07) is 86.4. The molecule has 0 atom stereocenters. The predicted octanol–water partition coefficient (Wildman–Crippen LogP) is 16.3. The number of ether oxygens (including phenoxy) is 1. The van der Waals surface area contributed by atoms with Crippen LogP contribution in [0, 0.1) is 18.2 Å². The number of nitrogens with zero attached hydrogens (tertiary/aromatic N) is 4. The van der Waals surface area contributed by atoms with Crippen LogP contribution in [0.15, 0.2) is 241 Å². The number of para-hydroxylation sites is 5. The van der Waals surface area contributed by atoms with Crippen molar-refractivity contribution in [3.63, 3.8) is 0 Å². The van der Waals surface area contributed by atoms with Crippen LogP contribution in [0.25, 0.3) is 83.3 Å². The zero-order valence-corrected chi connectivity index (χ0v) is 42.7. The summed E-state index contributed by atoms with van der Waals surface area (Å²) in [6.07, 6.45) is 7.25. The third-order valence-corrected chi connectivity index (χ3v) is 13.3. The number of hydrogen-bond donors (Lipinski definition) is 0.